The predicted octanol–water partition coefficient (Wildman–Crippen LogP) is 3.59. The van der Waals surface area contributed by atoms with Crippen molar-refractivity contribution in [2.75, 3.05) is 14.2 Å². The van der Waals surface area contributed by atoms with Crippen molar-refractivity contribution in [3.05, 3.63) is 63.7 Å². The molecular weight excluding hydrogens is 298 g/mol. The van der Waals surface area contributed by atoms with Crippen LogP contribution >= 0.6 is 0 Å². The van der Waals surface area contributed by atoms with E-state index in [1.54, 1.807) is 6.07 Å². The second kappa shape index (κ2) is 6.00. The molecule has 0 saturated heterocycles. The molecule has 2 aromatic carbocycles. The molecule has 0 spiro atoms. The van der Waals surface area contributed by atoms with Gasteiger partial charge < -0.3 is 14.2 Å². The Morgan fingerprint density at radius 1 is 1.17 bits per heavy atom. The molecule has 1 aliphatic rings. The van der Waals surface area contributed by atoms with E-state index < -0.39 is 4.92 Å². The quantitative estimate of drug-likeness (QED) is 0.637. The molecule has 0 aliphatic carbocycles. The van der Waals surface area contributed by atoms with Crippen LogP contribution in [-0.2, 0) is 6.42 Å². The largest absolute Gasteiger partial charge is 0.493 e. The molecule has 0 fully saturated rings. The Labute approximate surface area is 133 Å². The summed E-state index contributed by atoms with van der Waals surface area (Å²) in [5, 5.41) is 11.3. The first-order chi connectivity index (χ1) is 11.1. The molecule has 6 heteroatoms. The SMILES string of the molecule is COc1cc(C2=CCc3ccccc3O2)cc([N+](=O)[O-])c1OC. The number of hydrogen-bond donors (Lipinski definition) is 0. The van der Waals surface area contributed by atoms with Gasteiger partial charge in [0.1, 0.15) is 11.5 Å². The smallest absolute Gasteiger partial charge is 0.315 e. The van der Waals surface area contributed by atoms with Crippen molar-refractivity contribution in [3.8, 4) is 17.2 Å². The first-order valence-corrected chi connectivity index (χ1v) is 7.00. The van der Waals surface area contributed by atoms with Crippen LogP contribution in [0.2, 0.25) is 0 Å². The maximum absolute atomic E-state index is 11.3. The molecule has 0 unspecified atom stereocenters. The van der Waals surface area contributed by atoms with Crippen LogP contribution in [0, 0.1) is 10.1 Å². The van der Waals surface area contributed by atoms with Crippen molar-refractivity contribution < 1.29 is 19.1 Å². The van der Waals surface area contributed by atoms with Crippen LogP contribution in [-0.4, -0.2) is 19.1 Å². The van der Waals surface area contributed by atoms with Crippen LogP contribution in [0.15, 0.2) is 42.5 Å². The summed E-state index contributed by atoms with van der Waals surface area (Å²) in [5.74, 6) is 1.70. The fourth-order valence-electron chi connectivity index (χ4n) is 2.53. The number of rotatable bonds is 4. The summed E-state index contributed by atoms with van der Waals surface area (Å²) in [4.78, 5) is 10.8. The average molecular weight is 313 g/mol. The van der Waals surface area contributed by atoms with Gasteiger partial charge in [0.05, 0.1) is 19.1 Å². The Hall–Kier alpha value is -3.02. The Balaban J connectivity index is 2.06. The predicted molar refractivity (Wildman–Crippen MR) is 85.0 cm³/mol. The summed E-state index contributed by atoms with van der Waals surface area (Å²) in [7, 11) is 2.81. The van der Waals surface area contributed by atoms with Crippen LogP contribution in [0.1, 0.15) is 11.1 Å². The monoisotopic (exact) mass is 313 g/mol. The fraction of sp³-hybridized carbons (Fsp3) is 0.176. The minimum Gasteiger partial charge on any atom is -0.493 e. The summed E-state index contributed by atoms with van der Waals surface area (Å²) in [6.45, 7) is 0. The lowest BCUT2D eigenvalue weighted by atomic mass is 10.0. The summed E-state index contributed by atoms with van der Waals surface area (Å²) in [6, 6.07) is 10.8. The van der Waals surface area contributed by atoms with Gasteiger partial charge in [0.2, 0.25) is 5.75 Å². The van der Waals surface area contributed by atoms with E-state index in [1.807, 2.05) is 30.3 Å². The molecule has 2 aromatic rings. The van der Waals surface area contributed by atoms with E-state index in [4.69, 9.17) is 14.2 Å². The van der Waals surface area contributed by atoms with E-state index in [-0.39, 0.29) is 11.4 Å². The zero-order chi connectivity index (χ0) is 16.4. The second-order valence-corrected chi connectivity index (χ2v) is 4.97. The van der Waals surface area contributed by atoms with Crippen molar-refractivity contribution >= 4 is 11.4 Å². The standard InChI is InChI=1S/C17H15NO5/c1-21-16-10-12(9-13(18(19)20)17(16)22-2)15-8-7-11-5-3-4-6-14(11)23-15/h3-6,8-10H,7H2,1-2H3. The van der Waals surface area contributed by atoms with Crippen molar-refractivity contribution in [2.45, 2.75) is 6.42 Å². The molecule has 0 atom stereocenters. The molecule has 118 valence electrons. The number of para-hydroxylation sites is 1. The molecule has 1 heterocycles. The summed E-state index contributed by atoms with van der Waals surface area (Å²) in [6.07, 6.45) is 2.60. The highest BCUT2D eigenvalue weighted by Gasteiger charge is 2.24. The van der Waals surface area contributed by atoms with E-state index in [9.17, 15) is 10.1 Å². The maximum atomic E-state index is 11.3. The number of nitro groups is 1. The maximum Gasteiger partial charge on any atom is 0.315 e. The number of allylic oxidation sites excluding steroid dienone is 1. The van der Waals surface area contributed by atoms with Crippen LogP contribution in [0.5, 0.6) is 17.2 Å². The average Bonchev–Trinajstić information content (AvgIpc) is 2.59. The number of nitrogens with zero attached hydrogens (tertiary/aromatic N) is 1. The molecule has 0 N–H and O–H groups in total. The third kappa shape index (κ3) is 2.70. The molecule has 0 bridgehead atoms. The van der Waals surface area contributed by atoms with Crippen molar-refractivity contribution in [1.29, 1.82) is 0 Å². The number of hydrogen-bond acceptors (Lipinski definition) is 5. The molecule has 3 rings (SSSR count). The van der Waals surface area contributed by atoms with Gasteiger partial charge in [0.15, 0.2) is 5.75 Å². The number of nitro benzene ring substituents is 1. The van der Waals surface area contributed by atoms with Crippen LogP contribution in [0.4, 0.5) is 5.69 Å². The van der Waals surface area contributed by atoms with E-state index in [0.29, 0.717) is 23.5 Å². The lowest BCUT2D eigenvalue weighted by Crippen LogP contribution is -2.05. The summed E-state index contributed by atoms with van der Waals surface area (Å²) >= 11 is 0. The number of ether oxygens (including phenoxy) is 3. The molecule has 6 nitrogen and oxygen atoms in total. The van der Waals surface area contributed by atoms with Crippen molar-refractivity contribution in [1.82, 2.24) is 0 Å². The van der Waals surface area contributed by atoms with E-state index >= 15 is 0 Å². The normalized spacial score (nSPS) is 12.7. The first kappa shape index (κ1) is 14.9. The zero-order valence-electron chi connectivity index (χ0n) is 12.7. The lowest BCUT2D eigenvalue weighted by Gasteiger charge is -2.19. The van der Waals surface area contributed by atoms with Crippen LogP contribution < -0.4 is 14.2 Å². The Morgan fingerprint density at radius 3 is 2.65 bits per heavy atom. The van der Waals surface area contributed by atoms with E-state index in [2.05, 4.69) is 0 Å². The van der Waals surface area contributed by atoms with Crippen molar-refractivity contribution in [2.24, 2.45) is 0 Å². The third-order valence-electron chi connectivity index (χ3n) is 3.64. The van der Waals surface area contributed by atoms with Gasteiger partial charge in [-0.15, -0.1) is 0 Å². The fourth-order valence-corrected chi connectivity index (χ4v) is 2.53. The lowest BCUT2D eigenvalue weighted by molar-refractivity contribution is -0.385. The van der Waals surface area contributed by atoms with Gasteiger partial charge in [-0.2, -0.15) is 0 Å². The molecule has 0 amide bonds. The first-order valence-electron chi connectivity index (χ1n) is 7.00. The van der Waals surface area contributed by atoms with E-state index in [0.717, 1.165) is 11.3 Å². The van der Waals surface area contributed by atoms with Gasteiger partial charge in [-0.3, -0.25) is 10.1 Å². The third-order valence-corrected chi connectivity index (χ3v) is 3.64. The van der Waals surface area contributed by atoms with Gasteiger partial charge in [-0.05, 0) is 30.2 Å². The van der Waals surface area contributed by atoms with Gasteiger partial charge in [0.25, 0.3) is 0 Å². The Morgan fingerprint density at radius 2 is 1.96 bits per heavy atom. The summed E-state index contributed by atoms with van der Waals surface area (Å²) < 4.78 is 16.2. The van der Waals surface area contributed by atoms with Gasteiger partial charge in [-0.25, -0.2) is 0 Å². The Bertz CT molecular complexity index is 798. The highest BCUT2D eigenvalue weighted by molar-refractivity contribution is 5.72. The van der Waals surface area contributed by atoms with E-state index in [1.165, 1.54) is 20.3 Å². The summed E-state index contributed by atoms with van der Waals surface area (Å²) in [5.41, 5.74) is 1.49. The van der Waals surface area contributed by atoms with Gasteiger partial charge >= 0.3 is 5.69 Å². The van der Waals surface area contributed by atoms with Gasteiger partial charge in [0, 0.05) is 11.6 Å². The van der Waals surface area contributed by atoms with Crippen LogP contribution in [0.3, 0.4) is 0 Å². The molecule has 1 aliphatic heterocycles. The number of fused-ring (bicyclic) bond motifs is 1. The molecular formula is C17H15NO5. The molecule has 23 heavy (non-hydrogen) atoms. The second-order valence-electron chi connectivity index (χ2n) is 4.97. The number of methoxy groups -OCH3 is 2. The van der Waals surface area contributed by atoms with Crippen LogP contribution in [0.25, 0.3) is 5.76 Å². The topological polar surface area (TPSA) is 70.8 Å². The highest BCUT2D eigenvalue weighted by Crippen LogP contribution is 2.41. The zero-order valence-corrected chi connectivity index (χ0v) is 12.7. The van der Waals surface area contributed by atoms with Gasteiger partial charge in [-0.1, -0.05) is 18.2 Å². The molecule has 0 saturated carbocycles. The number of benzene rings is 2. The van der Waals surface area contributed by atoms with Crippen molar-refractivity contribution in [3.63, 3.8) is 0 Å². The Kier molecular flexibility index (Phi) is 3.89. The minimum atomic E-state index is -0.498. The molecule has 0 aromatic heterocycles. The minimum absolute atomic E-state index is 0.0954. The molecule has 0 radical (unpaired) electrons. The highest BCUT2D eigenvalue weighted by atomic mass is 16.6.